The molecule has 7 nitrogen and oxygen atoms in total. The van der Waals surface area contributed by atoms with Gasteiger partial charge >= 0.3 is 6.03 Å². The number of amides is 4. The van der Waals surface area contributed by atoms with Crippen molar-refractivity contribution < 1.29 is 19.1 Å². The minimum Gasteiger partial charge on any atom is -0.489 e. The highest BCUT2D eigenvalue weighted by Crippen LogP contribution is 2.28. The second-order valence-corrected chi connectivity index (χ2v) is 7.73. The van der Waals surface area contributed by atoms with Gasteiger partial charge in [-0.05, 0) is 61.7 Å². The van der Waals surface area contributed by atoms with Crippen LogP contribution in [0.1, 0.15) is 31.4 Å². The predicted molar refractivity (Wildman–Crippen MR) is 120 cm³/mol. The van der Waals surface area contributed by atoms with Crippen molar-refractivity contribution in [2.45, 2.75) is 33.3 Å². The highest BCUT2D eigenvalue weighted by Gasteiger charge is 2.34. The Kier molecular flexibility index (Phi) is 6.97. The third-order valence-electron chi connectivity index (χ3n) is 4.74. The number of hydrogen-bond acceptors (Lipinski definition) is 4. The number of halogens is 1. The molecule has 2 N–H and O–H groups in total. The van der Waals surface area contributed by atoms with Gasteiger partial charge in [-0.2, -0.15) is 0 Å². The molecule has 0 spiro atoms. The quantitative estimate of drug-likeness (QED) is 0.493. The maximum absolute atomic E-state index is 12.6. The Balaban J connectivity index is 1.68. The van der Waals surface area contributed by atoms with E-state index in [2.05, 4.69) is 10.6 Å². The van der Waals surface area contributed by atoms with Crippen LogP contribution in [-0.2, 0) is 9.59 Å². The number of benzene rings is 2. The number of urea groups is 1. The third kappa shape index (κ3) is 5.64. The van der Waals surface area contributed by atoms with E-state index in [1.807, 2.05) is 32.9 Å². The lowest BCUT2D eigenvalue weighted by Crippen LogP contribution is -2.38. The molecule has 1 saturated heterocycles. The van der Waals surface area contributed by atoms with Crippen LogP contribution in [0.2, 0.25) is 5.02 Å². The summed E-state index contributed by atoms with van der Waals surface area (Å²) in [5.74, 6) is -0.500. The highest BCUT2D eigenvalue weighted by atomic mass is 35.5. The van der Waals surface area contributed by atoms with Gasteiger partial charge in [0.1, 0.15) is 18.0 Å². The Bertz CT molecular complexity index is 1050. The molecule has 1 heterocycles. The molecular formula is C23H24ClN3O4. The van der Waals surface area contributed by atoms with Crippen molar-refractivity contribution >= 4 is 41.2 Å². The molecule has 0 aromatic heterocycles. The van der Waals surface area contributed by atoms with Gasteiger partial charge in [0.05, 0.1) is 11.1 Å². The number of imide groups is 1. The molecule has 0 aliphatic carbocycles. The third-order valence-corrected chi connectivity index (χ3v) is 5.03. The topological polar surface area (TPSA) is 87.7 Å². The van der Waals surface area contributed by atoms with E-state index in [-0.39, 0.29) is 11.8 Å². The molecular weight excluding hydrogens is 418 g/mol. The van der Waals surface area contributed by atoms with Crippen LogP contribution in [0.25, 0.3) is 6.08 Å². The molecule has 8 heteroatoms. The zero-order valence-electron chi connectivity index (χ0n) is 17.6. The summed E-state index contributed by atoms with van der Waals surface area (Å²) in [6, 6.07) is 11.7. The van der Waals surface area contributed by atoms with Gasteiger partial charge in [0.2, 0.25) is 5.91 Å². The van der Waals surface area contributed by atoms with Crippen molar-refractivity contribution in [3.63, 3.8) is 0 Å². The number of nitrogens with zero attached hydrogens (tertiary/aromatic N) is 1. The summed E-state index contributed by atoms with van der Waals surface area (Å²) < 4.78 is 5.73. The Morgan fingerprint density at radius 2 is 2.03 bits per heavy atom. The maximum Gasteiger partial charge on any atom is 0.329 e. The number of anilines is 1. The Labute approximate surface area is 186 Å². The van der Waals surface area contributed by atoms with E-state index < -0.39 is 24.4 Å². The van der Waals surface area contributed by atoms with Crippen LogP contribution in [0, 0.1) is 6.92 Å². The number of carbonyl (C=O) groups is 3. The SMILES string of the molecule is CC[C@@H](C)Oc1ccc(/C=C2\NC(=O)N(CC(=O)Nc3cccc(C)c3)C2=O)cc1Cl. The van der Waals surface area contributed by atoms with Crippen LogP contribution in [0.4, 0.5) is 10.5 Å². The van der Waals surface area contributed by atoms with Crippen molar-refractivity contribution in [2.24, 2.45) is 0 Å². The Morgan fingerprint density at radius 1 is 1.26 bits per heavy atom. The molecule has 1 aliphatic rings. The van der Waals surface area contributed by atoms with E-state index in [4.69, 9.17) is 16.3 Å². The van der Waals surface area contributed by atoms with Crippen molar-refractivity contribution in [1.82, 2.24) is 10.2 Å². The smallest absolute Gasteiger partial charge is 0.329 e. The minimum absolute atomic E-state index is 0.0249. The first kappa shape index (κ1) is 22.4. The van der Waals surface area contributed by atoms with Gasteiger partial charge < -0.3 is 15.4 Å². The lowest BCUT2D eigenvalue weighted by Gasteiger charge is -2.14. The second kappa shape index (κ2) is 9.66. The molecule has 0 radical (unpaired) electrons. The summed E-state index contributed by atoms with van der Waals surface area (Å²) in [5.41, 5.74) is 2.27. The van der Waals surface area contributed by atoms with Crippen LogP contribution in [0.5, 0.6) is 5.75 Å². The first-order chi connectivity index (χ1) is 14.8. The van der Waals surface area contributed by atoms with Gasteiger partial charge in [0, 0.05) is 5.69 Å². The van der Waals surface area contributed by atoms with E-state index in [1.54, 1.807) is 30.3 Å². The molecule has 31 heavy (non-hydrogen) atoms. The van der Waals surface area contributed by atoms with Gasteiger partial charge in [-0.15, -0.1) is 0 Å². The summed E-state index contributed by atoms with van der Waals surface area (Å²) in [7, 11) is 0. The number of aryl methyl sites for hydroxylation is 1. The number of hydrogen-bond donors (Lipinski definition) is 2. The maximum atomic E-state index is 12.6. The fourth-order valence-corrected chi connectivity index (χ4v) is 3.18. The van der Waals surface area contributed by atoms with Gasteiger partial charge in [-0.1, -0.05) is 36.7 Å². The van der Waals surface area contributed by atoms with Crippen molar-refractivity contribution in [3.8, 4) is 5.75 Å². The number of rotatable bonds is 7. The fourth-order valence-electron chi connectivity index (χ4n) is 2.95. The Hall–Kier alpha value is -3.32. The average Bonchev–Trinajstić information content (AvgIpc) is 2.97. The molecule has 162 valence electrons. The van der Waals surface area contributed by atoms with Crippen molar-refractivity contribution in [2.75, 3.05) is 11.9 Å². The molecule has 0 bridgehead atoms. The first-order valence-electron chi connectivity index (χ1n) is 9.94. The lowest BCUT2D eigenvalue weighted by atomic mass is 10.1. The zero-order valence-corrected chi connectivity index (χ0v) is 18.3. The fraction of sp³-hybridized carbons (Fsp3) is 0.261. The van der Waals surface area contributed by atoms with Crippen molar-refractivity contribution in [1.29, 1.82) is 0 Å². The van der Waals surface area contributed by atoms with Gasteiger partial charge in [0.25, 0.3) is 5.91 Å². The first-order valence-corrected chi connectivity index (χ1v) is 10.3. The van der Waals surface area contributed by atoms with Gasteiger partial charge in [0.15, 0.2) is 0 Å². The van der Waals surface area contributed by atoms with Crippen LogP contribution in [0.3, 0.4) is 0 Å². The molecule has 2 aromatic rings. The van der Waals surface area contributed by atoms with Gasteiger partial charge in [-0.25, -0.2) is 9.69 Å². The van der Waals surface area contributed by atoms with E-state index in [9.17, 15) is 14.4 Å². The second-order valence-electron chi connectivity index (χ2n) is 7.32. The van der Waals surface area contributed by atoms with Crippen LogP contribution < -0.4 is 15.4 Å². The van der Waals surface area contributed by atoms with E-state index in [1.165, 1.54) is 6.08 Å². The summed E-state index contributed by atoms with van der Waals surface area (Å²) >= 11 is 6.28. The molecule has 3 rings (SSSR count). The van der Waals surface area contributed by atoms with Gasteiger partial charge in [-0.3, -0.25) is 9.59 Å². The summed E-state index contributed by atoms with van der Waals surface area (Å²) in [6.07, 6.45) is 2.38. The van der Waals surface area contributed by atoms with Crippen LogP contribution in [-0.4, -0.2) is 35.4 Å². The number of ether oxygens (including phenoxy) is 1. The normalized spacial score (nSPS) is 15.7. The summed E-state index contributed by atoms with van der Waals surface area (Å²) in [6.45, 7) is 5.47. The molecule has 1 aliphatic heterocycles. The summed E-state index contributed by atoms with van der Waals surface area (Å²) in [5, 5.41) is 5.59. The molecule has 1 fully saturated rings. The highest BCUT2D eigenvalue weighted by molar-refractivity contribution is 6.32. The zero-order chi connectivity index (χ0) is 22.5. The molecule has 0 unspecified atom stereocenters. The van der Waals surface area contributed by atoms with E-state index in [0.717, 1.165) is 16.9 Å². The Morgan fingerprint density at radius 3 is 2.71 bits per heavy atom. The lowest BCUT2D eigenvalue weighted by molar-refractivity contribution is -0.127. The average molecular weight is 442 g/mol. The van der Waals surface area contributed by atoms with Crippen LogP contribution >= 0.6 is 11.6 Å². The largest absolute Gasteiger partial charge is 0.489 e. The molecule has 2 aromatic carbocycles. The van der Waals surface area contributed by atoms with Crippen LogP contribution in [0.15, 0.2) is 48.2 Å². The summed E-state index contributed by atoms with van der Waals surface area (Å²) in [4.78, 5) is 38.0. The standard InChI is InChI=1S/C23H24ClN3O4/c1-4-15(3)31-20-9-8-16(11-18(20)24)12-19-22(29)27(23(30)26-19)13-21(28)25-17-7-5-6-14(2)10-17/h5-12,15H,4,13H2,1-3H3,(H,25,28)(H,26,30)/b19-12-/t15-/m1/s1. The minimum atomic E-state index is -0.654. The predicted octanol–water partition coefficient (Wildman–Crippen LogP) is 4.36. The van der Waals surface area contributed by atoms with Crippen molar-refractivity contribution in [3.05, 3.63) is 64.3 Å². The molecule has 4 amide bonds. The molecule has 0 saturated carbocycles. The number of nitrogens with one attached hydrogen (secondary N) is 2. The number of carbonyl (C=O) groups excluding carboxylic acids is 3. The molecule has 1 atom stereocenters. The van der Waals surface area contributed by atoms with E-state index >= 15 is 0 Å². The monoisotopic (exact) mass is 441 g/mol. The van der Waals surface area contributed by atoms with E-state index in [0.29, 0.717) is 22.0 Å².